The number of nitrogens with zero attached hydrogens (tertiary/aromatic N) is 2. The quantitative estimate of drug-likeness (QED) is 0.631. The van der Waals surface area contributed by atoms with Crippen molar-refractivity contribution < 1.29 is 19.1 Å². The molecule has 174 valence electrons. The molecular weight excluding hydrogens is 430 g/mol. The van der Waals surface area contributed by atoms with E-state index in [2.05, 4.69) is 31.2 Å². The molecule has 2 unspecified atom stereocenters. The summed E-state index contributed by atoms with van der Waals surface area (Å²) in [6.45, 7) is 6.06. The van der Waals surface area contributed by atoms with E-state index in [0.29, 0.717) is 12.2 Å². The average Bonchev–Trinajstić information content (AvgIpc) is 3.11. The molecule has 0 aromatic heterocycles. The molecule has 34 heavy (non-hydrogen) atoms. The fourth-order valence-corrected chi connectivity index (χ4v) is 4.32. The van der Waals surface area contributed by atoms with Crippen LogP contribution in [0.15, 0.2) is 77.8 Å². The van der Waals surface area contributed by atoms with E-state index in [4.69, 9.17) is 25.1 Å². The molecule has 0 saturated carbocycles. The summed E-state index contributed by atoms with van der Waals surface area (Å²) >= 11 is 0. The van der Waals surface area contributed by atoms with Crippen LogP contribution in [0.25, 0.3) is 11.1 Å². The Balaban J connectivity index is 0.000000771. The Morgan fingerprint density at radius 3 is 2.18 bits per heavy atom. The van der Waals surface area contributed by atoms with Crippen LogP contribution in [0.4, 0.5) is 0 Å². The molecule has 0 bridgehead atoms. The standard InChI is InChI=1S/C25H23N3O2.2CH2O/c1-16-8-10-17(11-9-16)19-12-13-21-20(14-19)25(23(29)28(2)24(26)27-25)15-22(30-21)18-6-4-3-5-7-18;2*1-2/h3-14,22H,15H2,1-2H3,(H2,26,27);2*1H2. The number of ether oxygens (including phenoxy) is 1. The van der Waals surface area contributed by atoms with Crippen molar-refractivity contribution in [1.82, 2.24) is 4.90 Å². The maximum atomic E-state index is 13.4. The van der Waals surface area contributed by atoms with Gasteiger partial charge in [0.15, 0.2) is 11.5 Å². The minimum Gasteiger partial charge on any atom is -0.485 e. The van der Waals surface area contributed by atoms with Gasteiger partial charge in [-0.05, 0) is 35.7 Å². The molecular formula is C27H27N3O4. The Morgan fingerprint density at radius 2 is 1.59 bits per heavy atom. The minimum absolute atomic E-state index is 0.119. The summed E-state index contributed by atoms with van der Waals surface area (Å²) < 4.78 is 6.35. The number of guanidine groups is 1. The maximum absolute atomic E-state index is 13.4. The van der Waals surface area contributed by atoms with Crippen LogP contribution in [0.1, 0.15) is 29.2 Å². The van der Waals surface area contributed by atoms with Crippen molar-refractivity contribution in [2.75, 3.05) is 7.05 Å². The molecule has 0 saturated heterocycles. The molecule has 0 fully saturated rings. The average molecular weight is 458 g/mol. The van der Waals surface area contributed by atoms with Gasteiger partial charge in [0.25, 0.3) is 5.91 Å². The number of hydrogen-bond acceptors (Lipinski definition) is 6. The fourth-order valence-electron chi connectivity index (χ4n) is 4.32. The number of aryl methyl sites for hydroxylation is 1. The van der Waals surface area contributed by atoms with Crippen LogP contribution >= 0.6 is 0 Å². The molecule has 1 amide bonds. The number of fused-ring (bicyclic) bond motifs is 2. The summed E-state index contributed by atoms with van der Waals surface area (Å²) in [5, 5.41) is 0. The Hall–Kier alpha value is -4.26. The third-order valence-corrected chi connectivity index (χ3v) is 6.04. The number of amides is 1. The molecule has 7 heteroatoms. The second-order valence-corrected chi connectivity index (χ2v) is 7.99. The predicted octanol–water partition coefficient (Wildman–Crippen LogP) is 3.80. The number of carbonyl (C=O) groups is 3. The summed E-state index contributed by atoms with van der Waals surface area (Å²) in [7, 11) is 1.67. The van der Waals surface area contributed by atoms with Gasteiger partial charge >= 0.3 is 0 Å². The third-order valence-electron chi connectivity index (χ3n) is 6.04. The molecule has 0 radical (unpaired) electrons. The van der Waals surface area contributed by atoms with E-state index in [9.17, 15) is 4.79 Å². The highest BCUT2D eigenvalue weighted by atomic mass is 16.5. The van der Waals surface area contributed by atoms with Crippen LogP contribution in [0.3, 0.4) is 0 Å². The van der Waals surface area contributed by atoms with Gasteiger partial charge < -0.3 is 20.1 Å². The molecule has 3 aromatic carbocycles. The smallest absolute Gasteiger partial charge is 0.261 e. The Bertz CT molecular complexity index is 1190. The fraction of sp³-hybridized carbons (Fsp3) is 0.185. The number of rotatable bonds is 2. The lowest BCUT2D eigenvalue weighted by Gasteiger charge is -2.37. The Labute approximate surface area is 198 Å². The first-order chi connectivity index (χ1) is 16.5. The molecule has 2 atom stereocenters. The van der Waals surface area contributed by atoms with E-state index in [1.165, 1.54) is 10.5 Å². The van der Waals surface area contributed by atoms with Crippen LogP contribution in [0, 0.1) is 6.92 Å². The second-order valence-electron chi connectivity index (χ2n) is 7.99. The summed E-state index contributed by atoms with van der Waals surface area (Å²) in [6.07, 6.45) is 0.126. The van der Waals surface area contributed by atoms with Gasteiger partial charge in [-0.15, -0.1) is 0 Å². The van der Waals surface area contributed by atoms with Gasteiger partial charge in [0.05, 0.1) is 0 Å². The number of carbonyl (C=O) groups excluding carboxylic acids is 3. The number of nitrogens with two attached hydrogens (primary N) is 1. The van der Waals surface area contributed by atoms with Gasteiger partial charge in [0.2, 0.25) is 0 Å². The van der Waals surface area contributed by atoms with Crippen LogP contribution in [-0.2, 0) is 19.9 Å². The maximum Gasteiger partial charge on any atom is 0.261 e. The second kappa shape index (κ2) is 10.1. The molecule has 5 rings (SSSR count). The van der Waals surface area contributed by atoms with Crippen molar-refractivity contribution in [1.29, 1.82) is 0 Å². The molecule has 0 aliphatic carbocycles. The normalized spacial score (nSPS) is 20.2. The summed E-state index contributed by atoms with van der Waals surface area (Å²) in [5.74, 6) is 0.790. The van der Waals surface area contributed by atoms with Crippen molar-refractivity contribution in [3.63, 3.8) is 0 Å². The first kappa shape index (κ1) is 24.4. The first-order valence-electron chi connectivity index (χ1n) is 10.6. The van der Waals surface area contributed by atoms with Crippen molar-refractivity contribution >= 4 is 25.4 Å². The lowest BCUT2D eigenvalue weighted by atomic mass is 9.79. The van der Waals surface area contributed by atoms with Gasteiger partial charge in [0, 0.05) is 19.0 Å². The van der Waals surface area contributed by atoms with Gasteiger partial charge in [-0.2, -0.15) is 0 Å². The van der Waals surface area contributed by atoms with Gasteiger partial charge in [-0.1, -0.05) is 66.2 Å². The number of benzene rings is 3. The lowest BCUT2D eigenvalue weighted by molar-refractivity contribution is -0.132. The highest BCUT2D eigenvalue weighted by Gasteiger charge is 2.53. The van der Waals surface area contributed by atoms with Gasteiger partial charge in [-0.3, -0.25) is 9.69 Å². The zero-order valence-electron chi connectivity index (χ0n) is 19.2. The third kappa shape index (κ3) is 4.20. The van der Waals surface area contributed by atoms with E-state index >= 15 is 0 Å². The number of likely N-dealkylation sites (N-methyl/N-ethyl adjacent to an activating group) is 1. The van der Waals surface area contributed by atoms with Crippen molar-refractivity contribution in [3.8, 4) is 16.9 Å². The highest BCUT2D eigenvalue weighted by molar-refractivity contribution is 6.07. The van der Waals surface area contributed by atoms with Crippen LogP contribution in [-0.4, -0.2) is 37.4 Å². The molecule has 7 nitrogen and oxygen atoms in total. The van der Waals surface area contributed by atoms with E-state index < -0.39 is 5.54 Å². The van der Waals surface area contributed by atoms with E-state index in [0.717, 1.165) is 22.3 Å². The molecule has 2 heterocycles. The summed E-state index contributed by atoms with van der Waals surface area (Å²) in [4.78, 5) is 35.5. The van der Waals surface area contributed by atoms with E-state index in [1.807, 2.05) is 62.1 Å². The summed E-state index contributed by atoms with van der Waals surface area (Å²) in [5.41, 5.74) is 10.1. The summed E-state index contributed by atoms with van der Waals surface area (Å²) in [6, 6.07) is 24.3. The zero-order chi connectivity index (χ0) is 24.9. The number of hydrogen-bond donors (Lipinski definition) is 1. The Morgan fingerprint density at radius 1 is 0.971 bits per heavy atom. The molecule has 2 aliphatic heterocycles. The minimum atomic E-state index is -1.08. The number of aliphatic imine (C=N–C) groups is 1. The van der Waals surface area contributed by atoms with Crippen molar-refractivity contribution in [3.05, 3.63) is 89.5 Å². The molecule has 2 N–H and O–H groups in total. The van der Waals surface area contributed by atoms with Crippen molar-refractivity contribution in [2.45, 2.75) is 25.0 Å². The van der Waals surface area contributed by atoms with Crippen LogP contribution in [0.5, 0.6) is 5.75 Å². The molecule has 3 aromatic rings. The van der Waals surface area contributed by atoms with Crippen LogP contribution < -0.4 is 10.5 Å². The van der Waals surface area contributed by atoms with Crippen molar-refractivity contribution in [2.24, 2.45) is 10.7 Å². The lowest BCUT2D eigenvalue weighted by Crippen LogP contribution is -2.43. The highest BCUT2D eigenvalue weighted by Crippen LogP contribution is 2.50. The largest absolute Gasteiger partial charge is 0.485 e. The monoisotopic (exact) mass is 457 g/mol. The SMILES string of the molecule is C=O.C=O.Cc1ccc(-c2ccc3c(c2)C2(CC(c4ccccc4)O3)N=C(N)N(C)C2=O)cc1. The van der Waals surface area contributed by atoms with Gasteiger partial charge in [0.1, 0.15) is 25.4 Å². The molecule has 1 spiro atoms. The van der Waals surface area contributed by atoms with E-state index in [-0.39, 0.29) is 18.0 Å². The zero-order valence-corrected chi connectivity index (χ0v) is 19.2. The van der Waals surface area contributed by atoms with Gasteiger partial charge in [-0.25, -0.2) is 4.99 Å². The van der Waals surface area contributed by atoms with Crippen LogP contribution in [0.2, 0.25) is 0 Å². The molecule has 2 aliphatic rings. The Kier molecular flexibility index (Phi) is 7.26. The predicted molar refractivity (Wildman–Crippen MR) is 131 cm³/mol. The topological polar surface area (TPSA) is 102 Å². The van der Waals surface area contributed by atoms with E-state index in [1.54, 1.807) is 7.05 Å². The first-order valence-corrected chi connectivity index (χ1v) is 10.6.